The number of nitrogens with one attached hydrogen (secondary N) is 1. The Hall–Kier alpha value is -4.41. The summed E-state index contributed by atoms with van der Waals surface area (Å²) in [6.45, 7) is 0. The molecular weight excluding hydrogens is 492 g/mol. The number of methoxy groups -OCH3 is 2. The SMILES string of the molecule is COc1ccc2nc(-c3ccccc3OC)cc(C(=O)Nc3ccc4c(c3)c(S(N)(=O)=O)cn4C)c2c1. The van der Waals surface area contributed by atoms with Crippen LogP contribution in [-0.2, 0) is 17.1 Å². The number of aromatic nitrogens is 2. The Morgan fingerprint density at radius 1 is 0.973 bits per heavy atom. The number of ether oxygens (including phenoxy) is 2. The number of carbonyl (C=O) groups is 1. The number of pyridine rings is 1. The summed E-state index contributed by atoms with van der Waals surface area (Å²) in [6.07, 6.45) is 1.45. The van der Waals surface area contributed by atoms with Gasteiger partial charge in [-0.15, -0.1) is 0 Å². The number of fused-ring (bicyclic) bond motifs is 2. The van der Waals surface area contributed by atoms with Crippen LogP contribution in [0.2, 0.25) is 0 Å². The van der Waals surface area contributed by atoms with Crippen LogP contribution < -0.4 is 19.9 Å². The highest BCUT2D eigenvalue weighted by atomic mass is 32.2. The van der Waals surface area contributed by atoms with E-state index in [0.717, 1.165) is 5.56 Å². The molecule has 1 amide bonds. The van der Waals surface area contributed by atoms with Gasteiger partial charge in [-0.3, -0.25) is 4.79 Å². The van der Waals surface area contributed by atoms with Crippen LogP contribution in [0, 0.1) is 0 Å². The highest BCUT2D eigenvalue weighted by Crippen LogP contribution is 2.33. The van der Waals surface area contributed by atoms with Crippen molar-refractivity contribution in [3.8, 4) is 22.8 Å². The first-order valence-corrected chi connectivity index (χ1v) is 12.8. The van der Waals surface area contributed by atoms with Crippen molar-refractivity contribution in [1.82, 2.24) is 9.55 Å². The standard InChI is InChI=1S/C27H24N4O5S/c1-31-15-26(37(28,33)34)21-12-16(8-11-24(21)31)29-27(32)20-14-23(18-6-4-5-7-25(18)36-3)30-22-10-9-17(35-2)13-19(20)22/h4-15H,1-3H3,(H,29,32)(H2,28,33,34). The molecule has 0 unspecified atom stereocenters. The predicted octanol–water partition coefficient (Wildman–Crippen LogP) is 4.31. The van der Waals surface area contributed by atoms with Crippen LogP contribution in [0.1, 0.15) is 10.4 Å². The molecule has 2 aromatic heterocycles. The fourth-order valence-electron chi connectivity index (χ4n) is 4.37. The van der Waals surface area contributed by atoms with Crippen molar-refractivity contribution in [3.63, 3.8) is 0 Å². The Balaban J connectivity index is 1.64. The van der Waals surface area contributed by atoms with Crippen LogP contribution in [0.5, 0.6) is 11.5 Å². The van der Waals surface area contributed by atoms with Gasteiger partial charge in [-0.1, -0.05) is 12.1 Å². The molecule has 0 atom stereocenters. The van der Waals surface area contributed by atoms with Crippen LogP contribution in [0.25, 0.3) is 33.1 Å². The highest BCUT2D eigenvalue weighted by molar-refractivity contribution is 7.89. The monoisotopic (exact) mass is 516 g/mol. The minimum Gasteiger partial charge on any atom is -0.497 e. The molecule has 0 radical (unpaired) electrons. The average molecular weight is 517 g/mol. The lowest BCUT2D eigenvalue weighted by Gasteiger charge is -2.13. The molecule has 2 heterocycles. The minimum absolute atomic E-state index is 0.0151. The van der Waals surface area contributed by atoms with Crippen molar-refractivity contribution in [2.75, 3.05) is 19.5 Å². The number of anilines is 1. The third-order valence-electron chi connectivity index (χ3n) is 6.16. The molecule has 37 heavy (non-hydrogen) atoms. The smallest absolute Gasteiger partial charge is 0.256 e. The summed E-state index contributed by atoms with van der Waals surface area (Å²) in [6, 6.07) is 19.5. The van der Waals surface area contributed by atoms with Crippen molar-refractivity contribution in [3.05, 3.63) is 78.5 Å². The predicted molar refractivity (Wildman–Crippen MR) is 143 cm³/mol. The maximum absolute atomic E-state index is 13.6. The number of carbonyl (C=O) groups excluding carboxylic acids is 1. The number of hydrogen-bond acceptors (Lipinski definition) is 6. The van der Waals surface area contributed by atoms with Gasteiger partial charge in [0.15, 0.2) is 0 Å². The van der Waals surface area contributed by atoms with E-state index in [-0.39, 0.29) is 4.90 Å². The summed E-state index contributed by atoms with van der Waals surface area (Å²) >= 11 is 0. The number of sulfonamides is 1. The summed E-state index contributed by atoms with van der Waals surface area (Å²) in [5.74, 6) is 0.806. The second-order valence-corrected chi connectivity index (χ2v) is 10.0. The minimum atomic E-state index is -3.95. The third-order valence-corrected chi connectivity index (χ3v) is 7.10. The first kappa shape index (κ1) is 24.3. The zero-order chi connectivity index (χ0) is 26.3. The molecule has 5 aromatic rings. The number of hydrogen-bond donors (Lipinski definition) is 2. The van der Waals surface area contributed by atoms with Crippen LogP contribution in [-0.4, -0.2) is 38.1 Å². The van der Waals surface area contributed by atoms with E-state index in [1.165, 1.54) is 6.20 Å². The molecule has 0 fully saturated rings. The van der Waals surface area contributed by atoms with Gasteiger partial charge in [-0.05, 0) is 54.6 Å². The number of para-hydroxylation sites is 1. The number of nitrogens with two attached hydrogens (primary N) is 1. The number of benzene rings is 3. The van der Waals surface area contributed by atoms with Gasteiger partial charge in [-0.25, -0.2) is 18.5 Å². The van der Waals surface area contributed by atoms with Gasteiger partial charge in [-0.2, -0.15) is 0 Å². The molecule has 3 N–H and O–H groups in total. The number of amides is 1. The summed E-state index contributed by atoms with van der Waals surface area (Å²) in [4.78, 5) is 18.4. The van der Waals surface area contributed by atoms with Gasteiger partial charge in [0.25, 0.3) is 5.91 Å². The maximum atomic E-state index is 13.6. The van der Waals surface area contributed by atoms with Gasteiger partial charge in [0.1, 0.15) is 16.4 Å². The molecule has 5 rings (SSSR count). The van der Waals surface area contributed by atoms with E-state index in [1.807, 2.05) is 24.3 Å². The molecular formula is C27H24N4O5S. The summed E-state index contributed by atoms with van der Waals surface area (Å²) in [7, 11) is 0.903. The van der Waals surface area contributed by atoms with E-state index >= 15 is 0 Å². The first-order valence-electron chi connectivity index (χ1n) is 11.2. The Bertz CT molecular complexity index is 1790. The van der Waals surface area contributed by atoms with Crippen molar-refractivity contribution < 1.29 is 22.7 Å². The molecule has 0 aliphatic heterocycles. The van der Waals surface area contributed by atoms with Crippen molar-refractivity contribution in [2.24, 2.45) is 12.2 Å². The summed E-state index contributed by atoms with van der Waals surface area (Å²) < 4.78 is 36.7. The largest absolute Gasteiger partial charge is 0.497 e. The van der Waals surface area contributed by atoms with E-state index in [0.29, 0.717) is 50.2 Å². The van der Waals surface area contributed by atoms with E-state index in [9.17, 15) is 13.2 Å². The zero-order valence-corrected chi connectivity index (χ0v) is 21.2. The molecule has 0 saturated carbocycles. The van der Waals surface area contributed by atoms with Gasteiger partial charge in [0.05, 0.1) is 31.0 Å². The fourth-order valence-corrected chi connectivity index (χ4v) is 5.15. The molecule has 0 aliphatic rings. The topological polar surface area (TPSA) is 126 Å². The maximum Gasteiger partial charge on any atom is 0.256 e. The molecule has 10 heteroatoms. The van der Waals surface area contributed by atoms with E-state index in [4.69, 9.17) is 19.6 Å². The Morgan fingerprint density at radius 2 is 1.76 bits per heavy atom. The summed E-state index contributed by atoms with van der Waals surface area (Å²) in [5.41, 5.74) is 3.35. The van der Waals surface area contributed by atoms with E-state index in [2.05, 4.69) is 5.32 Å². The molecule has 0 saturated heterocycles. The lowest BCUT2D eigenvalue weighted by molar-refractivity contribution is 0.102. The molecule has 0 aliphatic carbocycles. The highest BCUT2D eigenvalue weighted by Gasteiger charge is 2.19. The molecule has 0 bridgehead atoms. The number of aryl methyl sites for hydroxylation is 1. The fraction of sp³-hybridized carbons (Fsp3) is 0.111. The average Bonchev–Trinajstić information content (AvgIpc) is 3.23. The van der Waals surface area contributed by atoms with E-state index < -0.39 is 15.9 Å². The number of nitrogens with zero attached hydrogens (tertiary/aromatic N) is 2. The van der Waals surface area contributed by atoms with Crippen molar-refractivity contribution >= 4 is 43.4 Å². The molecule has 3 aromatic carbocycles. The quantitative estimate of drug-likeness (QED) is 0.346. The van der Waals surface area contributed by atoms with Gasteiger partial charge < -0.3 is 19.4 Å². The number of rotatable bonds is 6. The lowest BCUT2D eigenvalue weighted by Crippen LogP contribution is -2.14. The first-order chi connectivity index (χ1) is 17.7. The van der Waals surface area contributed by atoms with Crippen LogP contribution in [0.4, 0.5) is 5.69 Å². The van der Waals surface area contributed by atoms with Crippen molar-refractivity contribution in [1.29, 1.82) is 0 Å². The number of primary sulfonamides is 1. The molecule has 188 valence electrons. The van der Waals surface area contributed by atoms with E-state index in [1.54, 1.807) is 68.3 Å². The lowest BCUT2D eigenvalue weighted by atomic mass is 10.0. The Labute approximate surface area is 213 Å². The molecule has 0 spiro atoms. The molecule has 9 nitrogen and oxygen atoms in total. The van der Waals surface area contributed by atoms with Crippen LogP contribution in [0.15, 0.2) is 77.8 Å². The van der Waals surface area contributed by atoms with Crippen LogP contribution >= 0.6 is 0 Å². The van der Waals surface area contributed by atoms with Gasteiger partial charge >= 0.3 is 0 Å². The second kappa shape index (κ2) is 9.23. The van der Waals surface area contributed by atoms with Gasteiger partial charge in [0, 0.05) is 40.8 Å². The zero-order valence-electron chi connectivity index (χ0n) is 20.3. The second-order valence-electron chi connectivity index (χ2n) is 8.47. The normalized spacial score (nSPS) is 11.6. The van der Waals surface area contributed by atoms with Crippen molar-refractivity contribution in [2.45, 2.75) is 4.90 Å². The summed E-state index contributed by atoms with van der Waals surface area (Å²) in [5, 5.41) is 9.31. The van der Waals surface area contributed by atoms with Crippen LogP contribution in [0.3, 0.4) is 0 Å². The Morgan fingerprint density at radius 3 is 2.49 bits per heavy atom. The van der Waals surface area contributed by atoms with Gasteiger partial charge in [0.2, 0.25) is 10.0 Å². The third kappa shape index (κ3) is 4.48. The Kier molecular flexibility index (Phi) is 6.06.